The van der Waals surface area contributed by atoms with E-state index in [1.54, 1.807) is 0 Å². The number of amides is 1. The van der Waals surface area contributed by atoms with E-state index in [9.17, 15) is 18.7 Å². The average Bonchev–Trinajstić information content (AvgIpc) is 2.42. The van der Waals surface area contributed by atoms with Gasteiger partial charge in [0.05, 0.1) is 5.60 Å². The largest absolute Gasteiger partial charge is 0.388 e. The molecule has 4 nitrogen and oxygen atoms in total. The molecule has 2 N–H and O–H groups in total. The highest BCUT2D eigenvalue weighted by molar-refractivity contribution is 5.95. The van der Waals surface area contributed by atoms with Crippen LogP contribution in [0.1, 0.15) is 28.8 Å². The molecule has 0 unspecified atom stereocenters. The molecule has 110 valence electrons. The van der Waals surface area contributed by atoms with Gasteiger partial charge in [-0.15, -0.1) is 0 Å². The molecule has 0 radical (unpaired) electrons. The lowest BCUT2D eigenvalue weighted by Crippen LogP contribution is -2.46. The summed E-state index contributed by atoms with van der Waals surface area (Å²) in [5.41, 5.74) is -1.49. The number of nitrogens with one attached hydrogen (secondary N) is 1. The summed E-state index contributed by atoms with van der Waals surface area (Å²) in [5.74, 6) is -2.64. The molecule has 1 aromatic carbocycles. The first-order chi connectivity index (χ1) is 9.43. The summed E-state index contributed by atoms with van der Waals surface area (Å²) in [6.07, 6.45) is 0.762. The van der Waals surface area contributed by atoms with Crippen LogP contribution in [0.5, 0.6) is 0 Å². The van der Waals surface area contributed by atoms with Crippen molar-refractivity contribution in [2.45, 2.75) is 25.4 Å². The monoisotopic (exact) mass is 285 g/mol. The quantitative estimate of drug-likeness (QED) is 0.886. The van der Waals surface area contributed by atoms with E-state index in [1.807, 2.05) is 0 Å². The summed E-state index contributed by atoms with van der Waals surface area (Å²) in [4.78, 5) is 11.9. The zero-order valence-corrected chi connectivity index (χ0v) is 11.2. The number of benzene rings is 1. The van der Waals surface area contributed by atoms with Crippen molar-refractivity contribution < 1.29 is 23.4 Å². The minimum absolute atomic E-state index is 0.0536. The smallest absolute Gasteiger partial charge is 0.257 e. The zero-order valence-electron chi connectivity index (χ0n) is 11.2. The van der Waals surface area contributed by atoms with E-state index in [2.05, 4.69) is 5.32 Å². The highest BCUT2D eigenvalue weighted by Crippen LogP contribution is 2.20. The molecule has 1 heterocycles. The van der Waals surface area contributed by atoms with Crippen molar-refractivity contribution in [1.29, 1.82) is 0 Å². The van der Waals surface area contributed by atoms with E-state index in [0.29, 0.717) is 26.1 Å². The zero-order chi connectivity index (χ0) is 14.8. The van der Waals surface area contributed by atoms with Crippen molar-refractivity contribution in [1.82, 2.24) is 5.32 Å². The van der Waals surface area contributed by atoms with Crippen LogP contribution in [0.25, 0.3) is 0 Å². The summed E-state index contributed by atoms with van der Waals surface area (Å²) < 4.78 is 32.5. The molecule has 0 aromatic heterocycles. The molecular formula is C14H17F2NO3. The van der Waals surface area contributed by atoms with Gasteiger partial charge in [0.25, 0.3) is 5.91 Å². The highest BCUT2D eigenvalue weighted by atomic mass is 19.1. The average molecular weight is 285 g/mol. The van der Waals surface area contributed by atoms with Gasteiger partial charge in [-0.1, -0.05) is 6.07 Å². The van der Waals surface area contributed by atoms with Crippen molar-refractivity contribution in [2.75, 3.05) is 19.8 Å². The number of ether oxygens (including phenoxy) is 1. The number of halogens is 2. The SMILES string of the molecule is Cc1ccc(F)c(C(=O)NCC2(O)CCOCC2)c1F. The second-order valence-electron chi connectivity index (χ2n) is 5.07. The van der Waals surface area contributed by atoms with E-state index in [0.717, 1.165) is 6.07 Å². The Morgan fingerprint density at radius 2 is 2.05 bits per heavy atom. The predicted octanol–water partition coefficient (Wildman–Crippen LogP) is 1.54. The van der Waals surface area contributed by atoms with Gasteiger partial charge in [-0.3, -0.25) is 4.79 Å². The minimum atomic E-state index is -1.08. The molecule has 1 fully saturated rings. The molecule has 0 spiro atoms. The van der Waals surface area contributed by atoms with Gasteiger partial charge in [0.2, 0.25) is 0 Å². The number of aliphatic hydroxyl groups is 1. The molecule has 1 aliphatic rings. The van der Waals surface area contributed by atoms with Crippen LogP contribution in [-0.2, 0) is 4.74 Å². The van der Waals surface area contributed by atoms with Crippen molar-refractivity contribution >= 4 is 5.91 Å². The lowest BCUT2D eigenvalue weighted by molar-refractivity contribution is -0.0605. The molecule has 0 atom stereocenters. The molecule has 1 saturated heterocycles. The van der Waals surface area contributed by atoms with Crippen molar-refractivity contribution in [3.63, 3.8) is 0 Å². The molecular weight excluding hydrogens is 268 g/mol. The Morgan fingerprint density at radius 1 is 1.40 bits per heavy atom. The van der Waals surface area contributed by atoms with Gasteiger partial charge in [0, 0.05) is 32.6 Å². The van der Waals surface area contributed by atoms with E-state index < -0.39 is 28.7 Å². The second-order valence-corrected chi connectivity index (χ2v) is 5.07. The maximum absolute atomic E-state index is 13.8. The van der Waals surface area contributed by atoms with E-state index in [1.165, 1.54) is 13.0 Å². The molecule has 0 saturated carbocycles. The summed E-state index contributed by atoms with van der Waals surface area (Å²) in [6, 6.07) is 2.32. The predicted molar refractivity (Wildman–Crippen MR) is 68.4 cm³/mol. The normalized spacial score (nSPS) is 17.8. The fraction of sp³-hybridized carbons (Fsp3) is 0.500. The van der Waals surface area contributed by atoms with Crippen molar-refractivity contribution in [3.05, 3.63) is 34.9 Å². The number of hydrogen-bond acceptors (Lipinski definition) is 3. The summed E-state index contributed by atoms with van der Waals surface area (Å²) >= 11 is 0. The second kappa shape index (κ2) is 5.85. The van der Waals surface area contributed by atoms with Crippen LogP contribution in [0.15, 0.2) is 12.1 Å². The van der Waals surface area contributed by atoms with Crippen LogP contribution < -0.4 is 5.32 Å². The number of hydrogen-bond donors (Lipinski definition) is 2. The van der Waals surface area contributed by atoms with Crippen molar-refractivity contribution in [3.8, 4) is 0 Å². The number of aryl methyl sites for hydroxylation is 1. The topological polar surface area (TPSA) is 58.6 Å². The van der Waals surface area contributed by atoms with Gasteiger partial charge >= 0.3 is 0 Å². The lowest BCUT2D eigenvalue weighted by Gasteiger charge is -2.32. The first-order valence-corrected chi connectivity index (χ1v) is 6.46. The first-order valence-electron chi connectivity index (χ1n) is 6.46. The molecule has 2 rings (SSSR count). The Hall–Kier alpha value is -1.53. The van der Waals surface area contributed by atoms with E-state index in [-0.39, 0.29) is 12.1 Å². The van der Waals surface area contributed by atoms with E-state index >= 15 is 0 Å². The third kappa shape index (κ3) is 3.13. The van der Waals surface area contributed by atoms with E-state index in [4.69, 9.17) is 4.74 Å². The van der Waals surface area contributed by atoms with Gasteiger partial charge in [0.1, 0.15) is 17.2 Å². The summed E-state index contributed by atoms with van der Waals surface area (Å²) in [6.45, 7) is 2.21. The van der Waals surface area contributed by atoms with Crippen LogP contribution in [-0.4, -0.2) is 36.4 Å². The maximum Gasteiger partial charge on any atom is 0.257 e. The Bertz CT molecular complexity index is 513. The molecule has 20 heavy (non-hydrogen) atoms. The molecule has 1 aromatic rings. The molecule has 1 amide bonds. The van der Waals surface area contributed by atoms with Gasteiger partial charge in [-0.25, -0.2) is 8.78 Å². The summed E-state index contributed by atoms with van der Waals surface area (Å²) in [5, 5.41) is 12.6. The Balaban J connectivity index is 2.07. The van der Waals surface area contributed by atoms with Crippen molar-refractivity contribution in [2.24, 2.45) is 0 Å². The Labute approximate surface area is 115 Å². The van der Waals surface area contributed by atoms with Gasteiger partial charge in [0.15, 0.2) is 0 Å². The third-order valence-corrected chi connectivity index (χ3v) is 3.51. The van der Waals surface area contributed by atoms with Crippen LogP contribution in [0, 0.1) is 18.6 Å². The molecule has 0 aliphatic carbocycles. The maximum atomic E-state index is 13.8. The summed E-state index contributed by atoms with van der Waals surface area (Å²) in [7, 11) is 0. The van der Waals surface area contributed by atoms with Gasteiger partial charge < -0.3 is 15.2 Å². The van der Waals surface area contributed by atoms with Crippen LogP contribution >= 0.6 is 0 Å². The first kappa shape index (κ1) is 14.9. The number of carbonyl (C=O) groups is 1. The third-order valence-electron chi connectivity index (χ3n) is 3.51. The van der Waals surface area contributed by atoms with Crippen LogP contribution in [0.3, 0.4) is 0 Å². The van der Waals surface area contributed by atoms with Gasteiger partial charge in [-0.05, 0) is 18.6 Å². The van der Waals surface area contributed by atoms with Crippen LogP contribution in [0.4, 0.5) is 8.78 Å². The molecule has 6 heteroatoms. The minimum Gasteiger partial charge on any atom is -0.388 e. The van der Waals surface area contributed by atoms with Crippen LogP contribution in [0.2, 0.25) is 0 Å². The molecule has 1 aliphatic heterocycles. The Morgan fingerprint density at radius 3 is 2.70 bits per heavy atom. The molecule has 0 bridgehead atoms. The highest BCUT2D eigenvalue weighted by Gasteiger charge is 2.31. The number of carbonyl (C=O) groups excluding carboxylic acids is 1. The fourth-order valence-electron chi connectivity index (χ4n) is 2.13. The lowest BCUT2D eigenvalue weighted by atomic mass is 9.94. The van der Waals surface area contributed by atoms with Gasteiger partial charge in [-0.2, -0.15) is 0 Å². The Kier molecular flexibility index (Phi) is 4.35. The standard InChI is InChI=1S/C14H17F2NO3/c1-9-2-3-10(15)11(12(9)16)13(18)17-8-14(19)4-6-20-7-5-14/h2-3,19H,4-8H2,1H3,(H,17,18). The fourth-order valence-corrected chi connectivity index (χ4v) is 2.13. The number of rotatable bonds is 3.